The molecule has 0 spiro atoms. The van der Waals surface area contributed by atoms with Crippen molar-refractivity contribution in [1.29, 1.82) is 0 Å². The van der Waals surface area contributed by atoms with E-state index in [-0.39, 0.29) is 30.2 Å². The average molecular weight is 554 g/mol. The van der Waals surface area contributed by atoms with Crippen molar-refractivity contribution in [3.8, 4) is 11.1 Å². The maximum atomic E-state index is 13.5. The predicted molar refractivity (Wildman–Crippen MR) is 152 cm³/mol. The maximum Gasteiger partial charge on any atom is 0.272 e. The molecule has 4 N–H and O–H groups in total. The zero-order valence-electron chi connectivity index (χ0n) is 22.7. The van der Waals surface area contributed by atoms with Gasteiger partial charge in [-0.2, -0.15) is 0 Å². The van der Waals surface area contributed by atoms with Gasteiger partial charge < -0.3 is 30.3 Å². The van der Waals surface area contributed by atoms with Gasteiger partial charge in [-0.05, 0) is 49.6 Å². The summed E-state index contributed by atoms with van der Waals surface area (Å²) in [5.74, 6) is -3.95. The molecule has 0 saturated carbocycles. The van der Waals surface area contributed by atoms with E-state index in [4.69, 9.17) is 0 Å². The molecule has 2 fully saturated rings. The third kappa shape index (κ3) is 5.07. The molecule has 4 heterocycles. The Bertz CT molecular complexity index is 1630. The van der Waals surface area contributed by atoms with Gasteiger partial charge in [0, 0.05) is 35.8 Å². The van der Waals surface area contributed by atoms with Crippen molar-refractivity contribution >= 4 is 28.6 Å². The van der Waals surface area contributed by atoms with Gasteiger partial charge in [0.15, 0.2) is 11.8 Å². The number of carbonyl (C=O) groups is 3. The smallest absolute Gasteiger partial charge is 0.272 e. The number of aryl methyl sites for hydroxylation is 1. The molecule has 2 aromatic heterocycles. The number of amides is 3. The number of benzene rings is 2. The van der Waals surface area contributed by atoms with Crippen LogP contribution in [0.4, 0.5) is 0 Å². The van der Waals surface area contributed by atoms with Gasteiger partial charge in [0.1, 0.15) is 11.4 Å². The van der Waals surface area contributed by atoms with Crippen LogP contribution in [0.2, 0.25) is 0 Å². The number of aromatic nitrogens is 2. The highest BCUT2D eigenvalue weighted by Crippen LogP contribution is 2.33. The summed E-state index contributed by atoms with van der Waals surface area (Å²) in [6.45, 7) is 3.53. The van der Waals surface area contributed by atoms with Crippen molar-refractivity contribution in [3.63, 3.8) is 0 Å². The minimum Gasteiger partial charge on any atom is -0.364 e. The summed E-state index contributed by atoms with van der Waals surface area (Å²) in [7, 11) is 0. The molecule has 3 unspecified atom stereocenters. The Balaban J connectivity index is 1.13. The van der Waals surface area contributed by atoms with Crippen LogP contribution in [0, 0.1) is 6.92 Å². The van der Waals surface area contributed by atoms with Crippen LogP contribution >= 0.6 is 0 Å². The van der Waals surface area contributed by atoms with E-state index in [1.54, 1.807) is 23.2 Å². The number of aliphatic hydroxyl groups is 2. The largest absolute Gasteiger partial charge is 0.364 e. The summed E-state index contributed by atoms with van der Waals surface area (Å²) in [6.07, 6.45) is 2.24. The minimum atomic E-state index is -2.50. The quantitative estimate of drug-likeness (QED) is 0.271. The Morgan fingerprint density at radius 3 is 2.37 bits per heavy atom. The summed E-state index contributed by atoms with van der Waals surface area (Å²) in [6, 6.07) is 18.6. The van der Waals surface area contributed by atoms with Crippen LogP contribution in [0.3, 0.4) is 0 Å². The molecule has 2 aliphatic rings. The molecule has 0 radical (unpaired) electrons. The normalized spacial score (nSPS) is 19.0. The number of pyridine rings is 1. The molecule has 3 amide bonds. The Morgan fingerprint density at radius 2 is 1.71 bits per heavy atom. The lowest BCUT2D eigenvalue weighted by molar-refractivity contribution is -0.181. The topological polar surface area (TPSA) is 139 Å². The number of aromatic amines is 1. The summed E-state index contributed by atoms with van der Waals surface area (Å²) in [5.41, 5.74) is 4.24. The average Bonchev–Trinajstić information content (AvgIpc) is 3.69. The molecule has 210 valence electrons. The lowest BCUT2D eigenvalue weighted by Crippen LogP contribution is -2.62. The molecule has 6 rings (SSSR count). The Hall–Kier alpha value is -4.54. The number of H-pyrrole nitrogens is 1. The molecule has 0 aliphatic carbocycles. The molecule has 2 bridgehead atoms. The van der Waals surface area contributed by atoms with Crippen LogP contribution < -0.4 is 5.32 Å². The van der Waals surface area contributed by atoms with Gasteiger partial charge in [0.2, 0.25) is 0 Å². The van der Waals surface area contributed by atoms with Gasteiger partial charge in [-0.3, -0.25) is 19.4 Å². The highest BCUT2D eigenvalue weighted by molar-refractivity contribution is 6.00. The van der Waals surface area contributed by atoms with Crippen molar-refractivity contribution in [3.05, 3.63) is 89.9 Å². The summed E-state index contributed by atoms with van der Waals surface area (Å²) in [5, 5.41) is 24.2. The first-order chi connectivity index (χ1) is 19.6. The van der Waals surface area contributed by atoms with Crippen LogP contribution in [-0.2, 0) is 4.79 Å². The first kappa shape index (κ1) is 26.7. The van der Waals surface area contributed by atoms with E-state index in [2.05, 4.69) is 15.3 Å². The third-order valence-corrected chi connectivity index (χ3v) is 7.97. The number of carbonyl (C=O) groups excluding carboxylic acids is 3. The minimum absolute atomic E-state index is 0.207. The SMILES string of the molecule is Cc1ccc2cc(C(=O)NC(C(=O)N3CC4CC3CN4C(=O)c3ccc(-c4ccccc4)cn3)C(C)(O)O)[nH]c2c1. The van der Waals surface area contributed by atoms with Crippen LogP contribution in [0.25, 0.3) is 22.0 Å². The molecule has 2 aromatic carbocycles. The fourth-order valence-electron chi connectivity index (χ4n) is 5.82. The zero-order chi connectivity index (χ0) is 28.9. The number of nitrogens with zero attached hydrogens (tertiary/aromatic N) is 3. The van der Waals surface area contributed by atoms with Crippen molar-refractivity contribution in [2.24, 2.45) is 0 Å². The lowest BCUT2D eigenvalue weighted by Gasteiger charge is -2.38. The van der Waals surface area contributed by atoms with Gasteiger partial charge in [0.25, 0.3) is 17.7 Å². The van der Waals surface area contributed by atoms with Crippen molar-refractivity contribution < 1.29 is 24.6 Å². The zero-order valence-corrected chi connectivity index (χ0v) is 22.7. The molecular weight excluding hydrogens is 522 g/mol. The van der Waals surface area contributed by atoms with E-state index in [9.17, 15) is 24.6 Å². The number of nitrogens with one attached hydrogen (secondary N) is 2. The number of rotatable bonds is 6. The van der Waals surface area contributed by atoms with E-state index in [1.165, 1.54) is 4.90 Å². The highest BCUT2D eigenvalue weighted by Gasteiger charge is 2.51. The van der Waals surface area contributed by atoms with Crippen LogP contribution in [0.1, 0.15) is 39.9 Å². The second-order valence-corrected chi connectivity index (χ2v) is 11.1. The Morgan fingerprint density at radius 1 is 0.976 bits per heavy atom. The first-order valence-corrected chi connectivity index (χ1v) is 13.6. The van der Waals surface area contributed by atoms with Gasteiger partial charge in [-0.25, -0.2) is 0 Å². The van der Waals surface area contributed by atoms with Crippen molar-refractivity contribution in [2.45, 2.75) is 44.2 Å². The van der Waals surface area contributed by atoms with Gasteiger partial charge in [-0.15, -0.1) is 0 Å². The number of hydrogen-bond acceptors (Lipinski definition) is 6. The standard InChI is InChI=1S/C31H31N5O5/c1-18-8-9-20-13-26(33-25(20)12-18)28(37)34-27(31(2,40)41)30(39)36-17-22-14-23(36)16-35(22)29(38)24-11-10-21(15-32-24)19-6-4-3-5-7-19/h3-13,15,22-23,27,33,40-41H,14,16-17H2,1-2H3,(H,34,37). The van der Waals surface area contributed by atoms with Crippen molar-refractivity contribution in [2.75, 3.05) is 13.1 Å². The molecule has 2 saturated heterocycles. The number of piperazine rings is 1. The molecule has 10 heteroatoms. The van der Waals surface area contributed by atoms with Crippen LogP contribution in [-0.4, -0.2) is 84.7 Å². The highest BCUT2D eigenvalue weighted by atomic mass is 16.5. The molecule has 2 aliphatic heterocycles. The van der Waals surface area contributed by atoms with E-state index in [1.807, 2.05) is 61.5 Å². The van der Waals surface area contributed by atoms with Crippen LogP contribution in [0.5, 0.6) is 0 Å². The monoisotopic (exact) mass is 553 g/mol. The Labute approximate surface area is 236 Å². The van der Waals surface area contributed by atoms with E-state index in [0.29, 0.717) is 18.7 Å². The second kappa shape index (κ2) is 10.1. The lowest BCUT2D eigenvalue weighted by atomic mass is 10.1. The molecule has 3 atom stereocenters. The first-order valence-electron chi connectivity index (χ1n) is 13.6. The number of likely N-dealkylation sites (tertiary alicyclic amines) is 2. The molecular formula is C31H31N5O5. The van der Waals surface area contributed by atoms with E-state index < -0.39 is 23.6 Å². The number of hydrogen-bond donors (Lipinski definition) is 4. The fraction of sp³-hybridized carbons (Fsp3) is 0.290. The maximum absolute atomic E-state index is 13.5. The van der Waals surface area contributed by atoms with Crippen LogP contribution in [0.15, 0.2) is 72.9 Å². The summed E-state index contributed by atoms with van der Waals surface area (Å²) >= 11 is 0. The number of fused-ring (bicyclic) bond motifs is 3. The van der Waals surface area contributed by atoms with Crippen molar-refractivity contribution in [1.82, 2.24) is 25.1 Å². The van der Waals surface area contributed by atoms with Gasteiger partial charge >= 0.3 is 0 Å². The Kier molecular flexibility index (Phi) is 6.59. The predicted octanol–water partition coefficient (Wildman–Crippen LogP) is 2.46. The summed E-state index contributed by atoms with van der Waals surface area (Å²) < 4.78 is 0. The van der Waals surface area contributed by atoms with E-state index in [0.717, 1.165) is 34.5 Å². The summed E-state index contributed by atoms with van der Waals surface area (Å²) in [4.78, 5) is 50.5. The van der Waals surface area contributed by atoms with Gasteiger partial charge in [-0.1, -0.05) is 48.5 Å². The second-order valence-electron chi connectivity index (χ2n) is 11.1. The molecule has 41 heavy (non-hydrogen) atoms. The van der Waals surface area contributed by atoms with Gasteiger partial charge in [0.05, 0.1) is 12.1 Å². The van der Waals surface area contributed by atoms with E-state index >= 15 is 0 Å². The fourth-order valence-corrected chi connectivity index (χ4v) is 5.82. The molecule has 10 nitrogen and oxygen atoms in total. The third-order valence-electron chi connectivity index (χ3n) is 7.97. The molecule has 4 aromatic rings.